The molecule has 0 radical (unpaired) electrons. The van der Waals surface area contributed by atoms with Crippen LogP contribution in [0.4, 0.5) is 17.6 Å². The van der Waals surface area contributed by atoms with Crippen LogP contribution >= 0.6 is 0 Å². The van der Waals surface area contributed by atoms with Crippen molar-refractivity contribution in [3.63, 3.8) is 0 Å². The van der Waals surface area contributed by atoms with Gasteiger partial charge in [0.2, 0.25) is 11.6 Å². The molecule has 1 aromatic carbocycles. The molecule has 3 rings (SSSR count). The number of halogens is 4. The Balaban J connectivity index is 1.46. The molecule has 0 aromatic heterocycles. The zero-order valence-corrected chi connectivity index (χ0v) is 17.8. The molecular formula is C23H32F4O3. The third-order valence-corrected chi connectivity index (χ3v) is 6.50. The van der Waals surface area contributed by atoms with Crippen molar-refractivity contribution >= 4 is 0 Å². The first-order chi connectivity index (χ1) is 14.3. The molecule has 2 fully saturated rings. The third-order valence-electron chi connectivity index (χ3n) is 6.50. The highest BCUT2D eigenvalue weighted by molar-refractivity contribution is 5.35. The Hall–Kier alpha value is -1.50. The molecule has 170 valence electrons. The largest absolute Gasteiger partial charge is 0.491 e. The lowest BCUT2D eigenvalue weighted by Crippen LogP contribution is -2.35. The smallest absolute Gasteiger partial charge is 0.422 e. The van der Waals surface area contributed by atoms with Gasteiger partial charge in [-0.1, -0.05) is 19.8 Å². The average molecular weight is 432 g/mol. The molecule has 2 aliphatic carbocycles. The van der Waals surface area contributed by atoms with Crippen LogP contribution in [0.15, 0.2) is 12.1 Å². The van der Waals surface area contributed by atoms with Gasteiger partial charge in [-0.05, 0) is 75.3 Å². The zero-order valence-electron chi connectivity index (χ0n) is 17.8. The van der Waals surface area contributed by atoms with E-state index < -0.39 is 30.1 Å². The lowest BCUT2D eigenvalue weighted by molar-refractivity contribution is -0.223. The molecule has 2 aliphatic rings. The highest BCUT2D eigenvalue weighted by Crippen LogP contribution is 2.40. The number of benzene rings is 1. The van der Waals surface area contributed by atoms with Gasteiger partial charge in [-0.2, -0.15) is 17.6 Å². The first-order valence-electron chi connectivity index (χ1n) is 11.1. The quantitative estimate of drug-likeness (QED) is 0.426. The van der Waals surface area contributed by atoms with E-state index in [9.17, 15) is 17.6 Å². The first-order valence-corrected chi connectivity index (χ1v) is 11.1. The monoisotopic (exact) mass is 432 g/mol. The summed E-state index contributed by atoms with van der Waals surface area (Å²) in [5.74, 6) is -1.81. The van der Waals surface area contributed by atoms with Crippen LogP contribution in [0.5, 0.6) is 11.5 Å². The van der Waals surface area contributed by atoms with Gasteiger partial charge in [-0.3, -0.25) is 0 Å². The van der Waals surface area contributed by atoms with Gasteiger partial charge < -0.3 is 14.2 Å². The summed E-state index contributed by atoms with van der Waals surface area (Å²) in [7, 11) is 0. The van der Waals surface area contributed by atoms with Crippen LogP contribution in [0.25, 0.3) is 0 Å². The fourth-order valence-electron chi connectivity index (χ4n) is 4.75. The van der Waals surface area contributed by atoms with Gasteiger partial charge in [0, 0.05) is 0 Å². The van der Waals surface area contributed by atoms with E-state index in [1.54, 1.807) is 6.92 Å². The molecule has 0 bridgehead atoms. The van der Waals surface area contributed by atoms with Crippen molar-refractivity contribution in [3.05, 3.63) is 23.8 Å². The molecule has 7 heteroatoms. The van der Waals surface area contributed by atoms with E-state index in [1.165, 1.54) is 25.7 Å². The maximum absolute atomic E-state index is 14.2. The molecule has 0 N–H and O–H groups in total. The Bertz CT molecular complexity index is 681. The molecule has 3 nitrogen and oxygen atoms in total. The van der Waals surface area contributed by atoms with Crippen molar-refractivity contribution in [2.75, 3.05) is 13.2 Å². The van der Waals surface area contributed by atoms with E-state index in [4.69, 9.17) is 9.47 Å². The van der Waals surface area contributed by atoms with Crippen molar-refractivity contribution in [2.45, 2.75) is 77.4 Å². The summed E-state index contributed by atoms with van der Waals surface area (Å²) in [6.45, 7) is 3.05. The highest BCUT2D eigenvalue weighted by Gasteiger charge is 2.37. The fourth-order valence-corrected chi connectivity index (χ4v) is 4.75. The number of ether oxygens (including phenoxy) is 3. The highest BCUT2D eigenvalue weighted by atomic mass is 19.3. The number of hydrogen-bond acceptors (Lipinski definition) is 3. The topological polar surface area (TPSA) is 27.7 Å². The predicted molar refractivity (Wildman–Crippen MR) is 106 cm³/mol. The van der Waals surface area contributed by atoms with Gasteiger partial charge >= 0.3 is 6.11 Å². The van der Waals surface area contributed by atoms with E-state index in [0.717, 1.165) is 49.7 Å². The minimum atomic E-state index is -3.75. The number of alkyl halides is 2. The van der Waals surface area contributed by atoms with Gasteiger partial charge in [0.25, 0.3) is 0 Å². The summed E-state index contributed by atoms with van der Waals surface area (Å²) in [6.07, 6.45) is 4.60. The fraction of sp³-hybridized carbons (Fsp3) is 0.739. The number of rotatable bonds is 8. The molecule has 0 unspecified atom stereocenters. The van der Waals surface area contributed by atoms with Crippen LogP contribution < -0.4 is 9.47 Å². The van der Waals surface area contributed by atoms with Crippen LogP contribution in [0.2, 0.25) is 0 Å². The van der Waals surface area contributed by atoms with Gasteiger partial charge in [-0.25, -0.2) is 0 Å². The molecule has 0 amide bonds. The van der Waals surface area contributed by atoms with E-state index in [2.05, 4.69) is 11.7 Å². The Kier molecular flexibility index (Phi) is 7.88. The number of hydrogen-bond donors (Lipinski definition) is 0. The molecule has 30 heavy (non-hydrogen) atoms. The Morgan fingerprint density at radius 3 is 2.00 bits per heavy atom. The molecule has 0 saturated heterocycles. The minimum Gasteiger partial charge on any atom is -0.491 e. The van der Waals surface area contributed by atoms with Crippen molar-refractivity contribution in [2.24, 2.45) is 17.8 Å². The molecule has 0 heterocycles. The lowest BCUT2D eigenvalue weighted by Gasteiger charge is -2.37. The molecular weight excluding hydrogens is 400 g/mol. The normalized spacial score (nSPS) is 27.7. The summed E-state index contributed by atoms with van der Waals surface area (Å²) < 4.78 is 70.9. The average Bonchev–Trinajstić information content (AvgIpc) is 2.73. The standard InChI is InChI=1S/C23H32F4O3/c1-3-28-19-12-13-20(22(25)21(19)24)30-23(26,27)14-29-18-10-8-17(9-11-18)16-6-4-15(2)5-7-16/h12-13,15-18H,3-11,14H2,1-2H3. The second-order valence-corrected chi connectivity index (χ2v) is 8.73. The van der Waals surface area contributed by atoms with Crippen LogP contribution in [0, 0.1) is 29.4 Å². The Morgan fingerprint density at radius 2 is 1.40 bits per heavy atom. The first kappa shape index (κ1) is 23.2. The SMILES string of the molecule is CCOc1ccc(OC(F)(F)COC2CCC(C3CCC(C)CC3)CC2)c(F)c1F. The molecule has 0 spiro atoms. The minimum absolute atomic E-state index is 0.128. The van der Waals surface area contributed by atoms with Crippen LogP contribution in [0.1, 0.15) is 65.2 Å². The van der Waals surface area contributed by atoms with E-state index >= 15 is 0 Å². The van der Waals surface area contributed by atoms with Crippen molar-refractivity contribution in [3.8, 4) is 11.5 Å². The molecule has 1 aromatic rings. The van der Waals surface area contributed by atoms with Crippen molar-refractivity contribution < 1.29 is 31.8 Å². The molecule has 2 saturated carbocycles. The Labute approximate surface area is 176 Å². The van der Waals surface area contributed by atoms with E-state index in [0.29, 0.717) is 5.92 Å². The van der Waals surface area contributed by atoms with Gasteiger partial charge in [0.15, 0.2) is 18.1 Å². The molecule has 0 aliphatic heterocycles. The summed E-state index contributed by atoms with van der Waals surface area (Å²) in [4.78, 5) is 0. The predicted octanol–water partition coefficient (Wildman–Crippen LogP) is 6.74. The van der Waals surface area contributed by atoms with Crippen LogP contribution in [0.3, 0.4) is 0 Å². The van der Waals surface area contributed by atoms with Gasteiger partial charge in [-0.15, -0.1) is 0 Å². The maximum atomic E-state index is 14.2. The molecule has 0 atom stereocenters. The third kappa shape index (κ3) is 6.02. The van der Waals surface area contributed by atoms with Crippen LogP contribution in [-0.4, -0.2) is 25.4 Å². The second kappa shape index (κ2) is 10.2. The van der Waals surface area contributed by atoms with Gasteiger partial charge in [0.05, 0.1) is 12.7 Å². The van der Waals surface area contributed by atoms with Gasteiger partial charge in [0.1, 0.15) is 0 Å². The van der Waals surface area contributed by atoms with E-state index in [1.807, 2.05) is 0 Å². The summed E-state index contributed by atoms with van der Waals surface area (Å²) in [6, 6.07) is 2.01. The van der Waals surface area contributed by atoms with Crippen molar-refractivity contribution in [1.82, 2.24) is 0 Å². The summed E-state index contributed by atoms with van der Waals surface area (Å²) in [5.41, 5.74) is 0. The van der Waals surface area contributed by atoms with Crippen LogP contribution in [-0.2, 0) is 4.74 Å². The van der Waals surface area contributed by atoms with E-state index in [-0.39, 0.29) is 18.5 Å². The maximum Gasteiger partial charge on any atom is 0.422 e. The second-order valence-electron chi connectivity index (χ2n) is 8.73. The summed E-state index contributed by atoms with van der Waals surface area (Å²) in [5, 5.41) is 0. The summed E-state index contributed by atoms with van der Waals surface area (Å²) >= 11 is 0. The Morgan fingerprint density at radius 1 is 0.867 bits per heavy atom. The lowest BCUT2D eigenvalue weighted by atomic mass is 9.71. The van der Waals surface area contributed by atoms with Crippen molar-refractivity contribution in [1.29, 1.82) is 0 Å². The zero-order chi connectivity index (χ0) is 21.7.